The van der Waals surface area contributed by atoms with Gasteiger partial charge in [0.1, 0.15) is 5.69 Å². The summed E-state index contributed by atoms with van der Waals surface area (Å²) in [7, 11) is 1.47. The number of anilines is 1. The predicted molar refractivity (Wildman–Crippen MR) is 92.7 cm³/mol. The molecular formula is C17H19ClN4O2. The van der Waals surface area contributed by atoms with Crippen LogP contribution in [0.2, 0.25) is 5.02 Å². The van der Waals surface area contributed by atoms with E-state index in [9.17, 15) is 4.79 Å². The lowest BCUT2D eigenvalue weighted by atomic mass is 10.1. The quantitative estimate of drug-likeness (QED) is 0.900. The molecule has 2 aromatic rings. The topological polar surface area (TPSA) is 67.3 Å². The molecule has 1 atom stereocenters. The van der Waals surface area contributed by atoms with Crippen LogP contribution in [0.5, 0.6) is 6.01 Å². The summed E-state index contributed by atoms with van der Waals surface area (Å²) in [5.74, 6) is 0.203. The minimum Gasteiger partial charge on any atom is -0.467 e. The third-order valence-corrected chi connectivity index (χ3v) is 4.33. The second kappa shape index (κ2) is 7.49. The number of aromatic nitrogens is 2. The van der Waals surface area contributed by atoms with E-state index in [0.717, 1.165) is 30.2 Å². The van der Waals surface area contributed by atoms with Gasteiger partial charge in [0.2, 0.25) is 0 Å². The van der Waals surface area contributed by atoms with Gasteiger partial charge in [-0.3, -0.25) is 4.79 Å². The Balaban J connectivity index is 1.52. The zero-order valence-corrected chi connectivity index (χ0v) is 14.2. The maximum Gasteiger partial charge on any atom is 0.316 e. The fraction of sp³-hybridized carbons (Fsp3) is 0.353. The first kappa shape index (κ1) is 16.5. The van der Waals surface area contributed by atoms with Crippen LogP contribution >= 0.6 is 11.6 Å². The molecule has 2 heterocycles. The zero-order valence-electron chi connectivity index (χ0n) is 13.4. The summed E-state index contributed by atoms with van der Waals surface area (Å²) in [5.41, 5.74) is 1.48. The molecule has 7 heteroatoms. The summed E-state index contributed by atoms with van der Waals surface area (Å²) in [6.07, 6.45) is 2.55. The van der Waals surface area contributed by atoms with Crippen molar-refractivity contribution in [1.29, 1.82) is 0 Å². The number of nitrogens with one attached hydrogen (secondary N) is 1. The van der Waals surface area contributed by atoms with E-state index in [1.807, 2.05) is 24.3 Å². The first-order chi connectivity index (χ1) is 11.7. The van der Waals surface area contributed by atoms with E-state index < -0.39 is 0 Å². The van der Waals surface area contributed by atoms with Crippen molar-refractivity contribution in [3.05, 3.63) is 47.2 Å². The molecular weight excluding hydrogens is 328 g/mol. The summed E-state index contributed by atoms with van der Waals surface area (Å²) in [4.78, 5) is 22.4. The molecule has 1 aromatic carbocycles. The number of hydrogen-bond donors (Lipinski definition) is 1. The van der Waals surface area contributed by atoms with E-state index in [1.54, 1.807) is 6.07 Å². The van der Waals surface area contributed by atoms with Gasteiger partial charge in [-0.25, -0.2) is 4.98 Å². The SMILES string of the molecule is COc1nccc(C(=O)NCC2CCN(c3ccc(Cl)cc3)C2)n1. The van der Waals surface area contributed by atoms with Gasteiger partial charge in [-0.15, -0.1) is 0 Å². The normalized spacial score (nSPS) is 16.9. The monoisotopic (exact) mass is 346 g/mol. The molecule has 1 aromatic heterocycles. The fourth-order valence-electron chi connectivity index (χ4n) is 2.78. The van der Waals surface area contributed by atoms with E-state index in [2.05, 4.69) is 20.2 Å². The number of benzene rings is 1. The Morgan fingerprint density at radius 2 is 2.17 bits per heavy atom. The Labute approximate surface area is 145 Å². The van der Waals surface area contributed by atoms with Crippen LogP contribution in [0.1, 0.15) is 16.9 Å². The van der Waals surface area contributed by atoms with Crippen LogP contribution < -0.4 is 15.0 Å². The lowest BCUT2D eigenvalue weighted by Gasteiger charge is -2.19. The highest BCUT2D eigenvalue weighted by Gasteiger charge is 2.23. The van der Waals surface area contributed by atoms with Crippen LogP contribution in [-0.4, -0.2) is 42.6 Å². The summed E-state index contributed by atoms with van der Waals surface area (Å²) in [6.45, 7) is 2.51. The molecule has 6 nitrogen and oxygen atoms in total. The van der Waals surface area contributed by atoms with Crippen LogP contribution in [0.25, 0.3) is 0 Å². The molecule has 1 amide bonds. The number of methoxy groups -OCH3 is 1. The second-order valence-electron chi connectivity index (χ2n) is 5.72. The average Bonchev–Trinajstić information content (AvgIpc) is 3.09. The molecule has 126 valence electrons. The van der Waals surface area contributed by atoms with Crippen molar-refractivity contribution in [3.8, 4) is 6.01 Å². The van der Waals surface area contributed by atoms with Crippen molar-refractivity contribution in [2.75, 3.05) is 31.6 Å². The molecule has 1 unspecified atom stereocenters. The summed E-state index contributed by atoms with van der Waals surface area (Å²) in [6, 6.07) is 9.61. The molecule has 1 fully saturated rings. The maximum atomic E-state index is 12.2. The standard InChI is InChI=1S/C17H19ClN4O2/c1-24-17-19-8-6-15(21-17)16(23)20-10-12-7-9-22(11-12)14-4-2-13(18)3-5-14/h2-6,8,12H,7,9-11H2,1H3,(H,20,23). The number of hydrogen-bond acceptors (Lipinski definition) is 5. The molecule has 0 bridgehead atoms. The Hall–Kier alpha value is -2.34. The zero-order chi connectivity index (χ0) is 16.9. The van der Waals surface area contributed by atoms with Gasteiger partial charge >= 0.3 is 6.01 Å². The van der Waals surface area contributed by atoms with Crippen molar-refractivity contribution in [2.45, 2.75) is 6.42 Å². The van der Waals surface area contributed by atoms with Crippen LogP contribution in [0.4, 0.5) is 5.69 Å². The number of carbonyl (C=O) groups is 1. The van der Waals surface area contributed by atoms with Crippen LogP contribution in [0.15, 0.2) is 36.5 Å². The summed E-state index contributed by atoms with van der Waals surface area (Å²) < 4.78 is 4.94. The van der Waals surface area contributed by atoms with Gasteiger partial charge in [-0.2, -0.15) is 4.98 Å². The number of nitrogens with zero attached hydrogens (tertiary/aromatic N) is 3. The number of carbonyl (C=O) groups excluding carboxylic acids is 1. The van der Waals surface area contributed by atoms with Gasteiger partial charge in [-0.05, 0) is 42.7 Å². The van der Waals surface area contributed by atoms with E-state index in [-0.39, 0.29) is 11.9 Å². The summed E-state index contributed by atoms with van der Waals surface area (Å²) in [5, 5.41) is 3.68. The van der Waals surface area contributed by atoms with Crippen molar-refractivity contribution in [1.82, 2.24) is 15.3 Å². The van der Waals surface area contributed by atoms with Gasteiger partial charge in [0, 0.05) is 36.5 Å². The fourth-order valence-corrected chi connectivity index (χ4v) is 2.90. The lowest BCUT2D eigenvalue weighted by Crippen LogP contribution is -2.31. The first-order valence-corrected chi connectivity index (χ1v) is 8.19. The van der Waals surface area contributed by atoms with E-state index in [0.29, 0.717) is 18.2 Å². The molecule has 24 heavy (non-hydrogen) atoms. The second-order valence-corrected chi connectivity index (χ2v) is 6.15. The molecule has 1 aliphatic heterocycles. The van der Waals surface area contributed by atoms with E-state index >= 15 is 0 Å². The predicted octanol–water partition coefficient (Wildman–Crippen LogP) is 2.39. The average molecular weight is 347 g/mol. The minimum absolute atomic E-state index is 0.192. The first-order valence-electron chi connectivity index (χ1n) is 7.81. The largest absolute Gasteiger partial charge is 0.467 e. The Bertz CT molecular complexity index is 708. The molecule has 0 aliphatic carbocycles. The van der Waals surface area contributed by atoms with Gasteiger partial charge in [0.25, 0.3) is 5.91 Å². The van der Waals surface area contributed by atoms with Gasteiger partial charge in [-0.1, -0.05) is 11.6 Å². The van der Waals surface area contributed by atoms with Crippen molar-refractivity contribution >= 4 is 23.2 Å². The number of halogens is 1. The van der Waals surface area contributed by atoms with E-state index in [1.165, 1.54) is 13.3 Å². The van der Waals surface area contributed by atoms with Crippen molar-refractivity contribution < 1.29 is 9.53 Å². The Morgan fingerprint density at radius 3 is 2.92 bits per heavy atom. The smallest absolute Gasteiger partial charge is 0.316 e. The molecule has 0 saturated carbocycles. The number of rotatable bonds is 5. The highest BCUT2D eigenvalue weighted by molar-refractivity contribution is 6.30. The molecule has 1 aliphatic rings. The van der Waals surface area contributed by atoms with Gasteiger partial charge < -0.3 is 15.0 Å². The highest BCUT2D eigenvalue weighted by atomic mass is 35.5. The maximum absolute atomic E-state index is 12.2. The lowest BCUT2D eigenvalue weighted by molar-refractivity contribution is 0.0942. The highest BCUT2D eigenvalue weighted by Crippen LogP contribution is 2.24. The van der Waals surface area contributed by atoms with E-state index in [4.69, 9.17) is 16.3 Å². The van der Waals surface area contributed by atoms with Crippen molar-refractivity contribution in [2.24, 2.45) is 5.92 Å². The van der Waals surface area contributed by atoms with Gasteiger partial charge in [0.15, 0.2) is 0 Å². The Morgan fingerprint density at radius 1 is 1.38 bits per heavy atom. The summed E-state index contributed by atoms with van der Waals surface area (Å²) >= 11 is 5.93. The Kier molecular flexibility index (Phi) is 5.15. The molecule has 1 N–H and O–H groups in total. The number of ether oxygens (including phenoxy) is 1. The number of amides is 1. The third-order valence-electron chi connectivity index (χ3n) is 4.08. The molecule has 3 rings (SSSR count). The van der Waals surface area contributed by atoms with Crippen LogP contribution in [0, 0.1) is 5.92 Å². The third kappa shape index (κ3) is 3.94. The van der Waals surface area contributed by atoms with Gasteiger partial charge in [0.05, 0.1) is 7.11 Å². The molecule has 1 saturated heterocycles. The minimum atomic E-state index is -0.208. The van der Waals surface area contributed by atoms with Crippen LogP contribution in [0.3, 0.4) is 0 Å². The van der Waals surface area contributed by atoms with Crippen LogP contribution in [-0.2, 0) is 0 Å². The molecule has 0 radical (unpaired) electrons. The molecule has 0 spiro atoms. The van der Waals surface area contributed by atoms with Crippen molar-refractivity contribution in [3.63, 3.8) is 0 Å².